The third-order valence-electron chi connectivity index (χ3n) is 3.34. The van der Waals surface area contributed by atoms with Crippen LogP contribution >= 0.6 is 23.3 Å². The summed E-state index contributed by atoms with van der Waals surface area (Å²) >= 11 is 3.34. The molecule has 0 saturated carbocycles. The van der Waals surface area contributed by atoms with Crippen LogP contribution in [0.1, 0.15) is 10.4 Å². The summed E-state index contributed by atoms with van der Waals surface area (Å²) in [5, 5.41) is 4.25. The highest BCUT2D eigenvalue weighted by molar-refractivity contribution is 8.00. The first-order valence-electron chi connectivity index (χ1n) is 7.44. The zero-order valence-corrected chi connectivity index (χ0v) is 14.8. The number of hydrogen-bond acceptors (Lipinski definition) is 5. The highest BCUT2D eigenvalue weighted by atomic mass is 32.2. The molecule has 0 amide bonds. The number of nitrogens with zero attached hydrogens (tertiary/aromatic N) is 1. The van der Waals surface area contributed by atoms with Gasteiger partial charge in [-0.3, -0.25) is 0 Å². The number of aromatic nitrogens is 1. The highest BCUT2D eigenvalue weighted by Gasteiger charge is 2.10. The molecule has 2 aromatic carbocycles. The Morgan fingerprint density at radius 2 is 1.96 bits per heavy atom. The van der Waals surface area contributed by atoms with Crippen molar-refractivity contribution in [1.29, 1.82) is 0 Å². The van der Waals surface area contributed by atoms with Gasteiger partial charge in [0.05, 0.1) is 5.69 Å². The Labute approximate surface area is 145 Å². The molecule has 0 spiro atoms. The number of anilines is 1. The molecule has 0 radical (unpaired) electrons. The van der Waals surface area contributed by atoms with Gasteiger partial charge in [0.1, 0.15) is 5.01 Å². The molecule has 0 fully saturated rings. The molecule has 0 bridgehead atoms. The Bertz CT molecular complexity index is 769. The van der Waals surface area contributed by atoms with Gasteiger partial charge in [-0.25, -0.2) is 4.98 Å². The molecule has 1 heterocycles. The van der Waals surface area contributed by atoms with Gasteiger partial charge in [0.15, 0.2) is 0 Å². The van der Waals surface area contributed by atoms with Crippen molar-refractivity contribution < 1.29 is 0 Å². The third-order valence-corrected chi connectivity index (χ3v) is 5.11. The summed E-state index contributed by atoms with van der Waals surface area (Å²) in [7, 11) is 1.96. The van der Waals surface area contributed by atoms with Gasteiger partial charge in [0.2, 0.25) is 0 Å². The standard InChI is InChI=1S/C18H19N3S2/c1-13-11-20-18(22-13)16-9-8-14(12-19-2)10-17(16)21-23-15-6-4-3-5-7-15/h3-11,19,21H,12H2,1-2H3. The first kappa shape index (κ1) is 16.1. The fourth-order valence-corrected chi connectivity index (χ4v) is 3.75. The van der Waals surface area contributed by atoms with Crippen LogP contribution in [0.4, 0.5) is 5.69 Å². The van der Waals surface area contributed by atoms with E-state index < -0.39 is 0 Å². The van der Waals surface area contributed by atoms with Crippen molar-refractivity contribution >= 4 is 29.0 Å². The van der Waals surface area contributed by atoms with Crippen LogP contribution in [0.3, 0.4) is 0 Å². The van der Waals surface area contributed by atoms with Crippen LogP contribution in [-0.4, -0.2) is 12.0 Å². The number of thiazole rings is 1. The molecule has 1 aromatic heterocycles. The van der Waals surface area contributed by atoms with Crippen LogP contribution in [0.5, 0.6) is 0 Å². The molecule has 5 heteroatoms. The van der Waals surface area contributed by atoms with Crippen LogP contribution in [0, 0.1) is 6.92 Å². The van der Waals surface area contributed by atoms with Gasteiger partial charge in [-0.15, -0.1) is 11.3 Å². The van der Waals surface area contributed by atoms with Crippen LogP contribution in [0.15, 0.2) is 59.6 Å². The zero-order chi connectivity index (χ0) is 16.1. The van der Waals surface area contributed by atoms with E-state index in [0.29, 0.717) is 0 Å². The fraction of sp³-hybridized carbons (Fsp3) is 0.167. The molecular formula is C18H19N3S2. The molecule has 0 atom stereocenters. The second kappa shape index (κ2) is 7.64. The van der Waals surface area contributed by atoms with Crippen molar-refractivity contribution in [3.63, 3.8) is 0 Å². The highest BCUT2D eigenvalue weighted by Crippen LogP contribution is 2.34. The van der Waals surface area contributed by atoms with Gasteiger partial charge >= 0.3 is 0 Å². The summed E-state index contributed by atoms with van der Waals surface area (Å²) in [5.74, 6) is 0. The van der Waals surface area contributed by atoms with E-state index in [1.54, 1.807) is 23.3 Å². The van der Waals surface area contributed by atoms with Crippen LogP contribution in [0.25, 0.3) is 10.6 Å². The van der Waals surface area contributed by atoms with E-state index >= 15 is 0 Å². The summed E-state index contributed by atoms with van der Waals surface area (Å²) in [6, 6.07) is 16.8. The van der Waals surface area contributed by atoms with E-state index in [1.165, 1.54) is 15.3 Å². The lowest BCUT2D eigenvalue weighted by molar-refractivity contribution is 0.818. The maximum atomic E-state index is 4.53. The van der Waals surface area contributed by atoms with Crippen molar-refractivity contribution in [2.24, 2.45) is 0 Å². The summed E-state index contributed by atoms with van der Waals surface area (Å²) in [5.41, 5.74) is 3.49. The Kier molecular flexibility index (Phi) is 5.33. The minimum absolute atomic E-state index is 0.849. The van der Waals surface area contributed by atoms with Crippen LogP contribution in [0.2, 0.25) is 0 Å². The molecule has 3 nitrogen and oxygen atoms in total. The van der Waals surface area contributed by atoms with Crippen molar-refractivity contribution in [3.05, 3.63) is 65.2 Å². The number of nitrogens with one attached hydrogen (secondary N) is 2. The first-order chi connectivity index (χ1) is 11.3. The molecule has 3 rings (SSSR count). The van der Waals surface area contributed by atoms with Crippen molar-refractivity contribution in [2.45, 2.75) is 18.4 Å². The normalized spacial score (nSPS) is 10.7. The summed E-state index contributed by atoms with van der Waals surface area (Å²) in [6.45, 7) is 2.93. The molecular weight excluding hydrogens is 322 g/mol. The lowest BCUT2D eigenvalue weighted by atomic mass is 10.1. The maximum absolute atomic E-state index is 4.53. The quantitative estimate of drug-likeness (QED) is 0.622. The number of hydrogen-bond donors (Lipinski definition) is 2. The van der Waals surface area contributed by atoms with Crippen molar-refractivity contribution in [2.75, 3.05) is 11.8 Å². The number of rotatable bonds is 6. The molecule has 0 unspecified atom stereocenters. The van der Waals surface area contributed by atoms with Gasteiger partial charge in [0.25, 0.3) is 0 Å². The summed E-state index contributed by atoms with van der Waals surface area (Å²) in [4.78, 5) is 6.94. The Hall–Kier alpha value is -1.82. The molecule has 0 aliphatic carbocycles. The molecule has 23 heavy (non-hydrogen) atoms. The number of benzene rings is 2. The lowest BCUT2D eigenvalue weighted by Crippen LogP contribution is -2.05. The van der Waals surface area contributed by atoms with E-state index in [4.69, 9.17) is 0 Å². The monoisotopic (exact) mass is 341 g/mol. The average molecular weight is 342 g/mol. The minimum atomic E-state index is 0.849. The van der Waals surface area contributed by atoms with Crippen molar-refractivity contribution in [3.8, 4) is 10.6 Å². The number of aryl methyl sites for hydroxylation is 1. The second-order valence-electron chi connectivity index (χ2n) is 5.20. The van der Waals surface area contributed by atoms with E-state index in [9.17, 15) is 0 Å². The largest absolute Gasteiger partial charge is 0.325 e. The summed E-state index contributed by atoms with van der Waals surface area (Å²) < 4.78 is 3.49. The summed E-state index contributed by atoms with van der Waals surface area (Å²) in [6.07, 6.45) is 1.93. The molecule has 118 valence electrons. The lowest BCUT2D eigenvalue weighted by Gasteiger charge is -2.12. The first-order valence-corrected chi connectivity index (χ1v) is 9.08. The van der Waals surface area contributed by atoms with Gasteiger partial charge in [-0.05, 0) is 55.7 Å². The Balaban J connectivity index is 1.89. The maximum Gasteiger partial charge on any atom is 0.125 e. The molecule has 0 aliphatic heterocycles. The second-order valence-corrected chi connectivity index (χ2v) is 7.32. The van der Waals surface area contributed by atoms with E-state index in [2.05, 4.69) is 52.3 Å². The van der Waals surface area contributed by atoms with Crippen LogP contribution in [-0.2, 0) is 6.54 Å². The van der Waals surface area contributed by atoms with E-state index in [1.807, 2.05) is 31.4 Å². The van der Waals surface area contributed by atoms with Gasteiger partial charge in [0, 0.05) is 28.1 Å². The topological polar surface area (TPSA) is 37.0 Å². The van der Waals surface area contributed by atoms with Crippen LogP contribution < -0.4 is 10.0 Å². The van der Waals surface area contributed by atoms with Gasteiger partial charge in [-0.1, -0.05) is 24.3 Å². The SMILES string of the molecule is CNCc1ccc(-c2ncc(C)s2)c(NSc2ccccc2)c1. The van der Waals surface area contributed by atoms with Crippen molar-refractivity contribution in [1.82, 2.24) is 10.3 Å². The minimum Gasteiger partial charge on any atom is -0.325 e. The third kappa shape index (κ3) is 4.13. The predicted octanol–water partition coefficient (Wildman–Crippen LogP) is 4.96. The van der Waals surface area contributed by atoms with E-state index in [0.717, 1.165) is 22.8 Å². The Morgan fingerprint density at radius 1 is 1.13 bits per heavy atom. The zero-order valence-electron chi connectivity index (χ0n) is 13.2. The van der Waals surface area contributed by atoms with Gasteiger partial charge < -0.3 is 10.0 Å². The molecule has 0 aliphatic rings. The Morgan fingerprint density at radius 3 is 2.65 bits per heavy atom. The molecule has 3 aromatic rings. The molecule has 0 saturated heterocycles. The van der Waals surface area contributed by atoms with Gasteiger partial charge in [-0.2, -0.15) is 0 Å². The van der Waals surface area contributed by atoms with E-state index in [-0.39, 0.29) is 0 Å². The molecule has 2 N–H and O–H groups in total. The predicted molar refractivity (Wildman–Crippen MR) is 101 cm³/mol. The fourth-order valence-electron chi connectivity index (χ4n) is 2.26. The average Bonchev–Trinajstić information content (AvgIpc) is 3.01. The smallest absolute Gasteiger partial charge is 0.125 e.